The number of benzene rings is 1. The maximum atomic E-state index is 13.0. The lowest BCUT2D eigenvalue weighted by Crippen LogP contribution is -2.54. The molecular weight excluding hydrogens is 366 g/mol. The van der Waals surface area contributed by atoms with E-state index in [9.17, 15) is 9.59 Å². The van der Waals surface area contributed by atoms with Crippen LogP contribution in [0.25, 0.3) is 0 Å². The van der Waals surface area contributed by atoms with E-state index in [0.717, 1.165) is 4.90 Å². The molecule has 2 unspecified atom stereocenters. The fraction of sp³-hybridized carbons (Fsp3) is 0.500. The quantitative estimate of drug-likeness (QED) is 0.699. The van der Waals surface area contributed by atoms with Crippen molar-refractivity contribution in [2.45, 2.75) is 56.0 Å². The van der Waals surface area contributed by atoms with Crippen molar-refractivity contribution in [1.82, 2.24) is 4.90 Å². The van der Waals surface area contributed by atoms with Gasteiger partial charge in [0.1, 0.15) is 22.8 Å². The summed E-state index contributed by atoms with van der Waals surface area (Å²) < 4.78 is 16.3. The largest absolute Gasteiger partial charge is 0.498 e. The van der Waals surface area contributed by atoms with Crippen molar-refractivity contribution in [1.29, 1.82) is 0 Å². The Labute approximate surface area is 164 Å². The van der Waals surface area contributed by atoms with E-state index in [1.54, 1.807) is 34.8 Å². The molecular formula is C20H27NO5S. The highest BCUT2D eigenvalue weighted by molar-refractivity contribution is 8.00. The first-order valence-corrected chi connectivity index (χ1v) is 9.78. The highest BCUT2D eigenvalue weighted by atomic mass is 32.2. The van der Waals surface area contributed by atoms with Gasteiger partial charge in [0, 0.05) is 11.3 Å². The second kappa shape index (κ2) is 9.17. The van der Waals surface area contributed by atoms with Gasteiger partial charge < -0.3 is 14.2 Å². The molecule has 148 valence electrons. The number of thioether (sulfide) groups is 1. The number of amides is 1. The summed E-state index contributed by atoms with van der Waals surface area (Å²) in [7, 11) is 1.56. The molecule has 0 saturated heterocycles. The number of carbonyl (C=O) groups excluding carboxylic acids is 2. The van der Waals surface area contributed by atoms with Gasteiger partial charge >= 0.3 is 12.1 Å². The lowest BCUT2D eigenvalue weighted by molar-refractivity contribution is -0.149. The molecule has 7 heteroatoms. The van der Waals surface area contributed by atoms with Gasteiger partial charge in [-0.2, -0.15) is 0 Å². The van der Waals surface area contributed by atoms with Gasteiger partial charge in [0.2, 0.25) is 0 Å². The summed E-state index contributed by atoms with van der Waals surface area (Å²) in [5, 5.41) is -0.532. The average molecular weight is 394 g/mol. The minimum atomic E-state index is -0.764. The van der Waals surface area contributed by atoms with E-state index in [1.165, 1.54) is 16.7 Å². The van der Waals surface area contributed by atoms with Gasteiger partial charge in [-0.25, -0.2) is 9.59 Å². The minimum absolute atomic E-state index is 0.245. The second-order valence-corrected chi connectivity index (χ2v) is 8.14. The maximum Gasteiger partial charge on any atom is 0.412 e. The number of hydrogen-bond acceptors (Lipinski definition) is 6. The number of ether oxygens (including phenoxy) is 3. The molecule has 1 aromatic carbocycles. The van der Waals surface area contributed by atoms with E-state index < -0.39 is 29.1 Å². The van der Waals surface area contributed by atoms with Gasteiger partial charge in [-0.1, -0.05) is 30.0 Å². The SMILES string of the molecule is CCOC(=O)C1CC=C(OC)C(Sc2ccccc2)N1C(=O)OC(C)(C)C. The van der Waals surface area contributed by atoms with E-state index in [4.69, 9.17) is 14.2 Å². The number of hydrogen-bond donors (Lipinski definition) is 0. The molecule has 6 nitrogen and oxygen atoms in total. The van der Waals surface area contributed by atoms with Crippen LogP contribution in [0, 0.1) is 0 Å². The molecule has 1 aliphatic rings. The molecule has 0 saturated carbocycles. The van der Waals surface area contributed by atoms with Crippen molar-refractivity contribution in [3.05, 3.63) is 42.2 Å². The van der Waals surface area contributed by atoms with Crippen LogP contribution in [0.1, 0.15) is 34.1 Å². The van der Waals surface area contributed by atoms with Crippen molar-refractivity contribution in [3.63, 3.8) is 0 Å². The van der Waals surface area contributed by atoms with Crippen LogP contribution >= 0.6 is 11.8 Å². The third kappa shape index (κ3) is 5.66. The van der Waals surface area contributed by atoms with Gasteiger partial charge in [-0.05, 0) is 45.9 Å². The molecule has 0 aliphatic carbocycles. The maximum absolute atomic E-state index is 13.0. The summed E-state index contributed by atoms with van der Waals surface area (Å²) in [5.74, 6) is 0.156. The highest BCUT2D eigenvalue weighted by Crippen LogP contribution is 2.37. The fourth-order valence-electron chi connectivity index (χ4n) is 2.66. The Morgan fingerprint density at radius 2 is 1.89 bits per heavy atom. The lowest BCUT2D eigenvalue weighted by Gasteiger charge is -2.40. The van der Waals surface area contributed by atoms with Crippen molar-refractivity contribution >= 4 is 23.8 Å². The Bertz CT molecular complexity index is 683. The van der Waals surface area contributed by atoms with Crippen LogP contribution in [-0.4, -0.2) is 47.7 Å². The monoisotopic (exact) mass is 393 g/mol. The number of nitrogens with zero attached hydrogens (tertiary/aromatic N) is 1. The van der Waals surface area contributed by atoms with E-state index in [1.807, 2.05) is 36.4 Å². The molecule has 1 aromatic rings. The molecule has 0 bridgehead atoms. The first kappa shape index (κ1) is 21.2. The van der Waals surface area contributed by atoms with E-state index in [2.05, 4.69) is 0 Å². The third-order valence-electron chi connectivity index (χ3n) is 3.76. The zero-order chi connectivity index (χ0) is 20.0. The molecule has 2 rings (SSSR count). The summed E-state index contributed by atoms with van der Waals surface area (Å²) in [6.07, 6.45) is 1.58. The van der Waals surface area contributed by atoms with Gasteiger partial charge in [0.15, 0.2) is 0 Å². The first-order valence-electron chi connectivity index (χ1n) is 8.90. The second-order valence-electron chi connectivity index (χ2n) is 6.99. The zero-order valence-electron chi connectivity index (χ0n) is 16.4. The molecule has 0 fully saturated rings. The van der Waals surface area contributed by atoms with Crippen LogP contribution in [0.5, 0.6) is 0 Å². The number of esters is 1. The summed E-state index contributed by atoms with van der Waals surface area (Å²) in [6.45, 7) is 7.36. The molecule has 1 aliphatic heterocycles. The topological polar surface area (TPSA) is 65.1 Å². The molecule has 0 aromatic heterocycles. The summed E-state index contributed by atoms with van der Waals surface area (Å²) in [5.41, 5.74) is -0.688. The third-order valence-corrected chi connectivity index (χ3v) is 4.99. The average Bonchev–Trinajstić information content (AvgIpc) is 2.60. The Kier molecular flexibility index (Phi) is 7.18. The first-order chi connectivity index (χ1) is 12.8. The van der Waals surface area contributed by atoms with Gasteiger partial charge in [0.05, 0.1) is 13.7 Å². The highest BCUT2D eigenvalue weighted by Gasteiger charge is 2.43. The summed E-state index contributed by atoms with van der Waals surface area (Å²) in [4.78, 5) is 27.9. The van der Waals surface area contributed by atoms with Crippen molar-refractivity contribution < 1.29 is 23.8 Å². The van der Waals surface area contributed by atoms with E-state index >= 15 is 0 Å². The van der Waals surface area contributed by atoms with Crippen LogP contribution in [0.3, 0.4) is 0 Å². The van der Waals surface area contributed by atoms with Gasteiger partial charge in [-0.15, -0.1) is 0 Å². The normalized spacial score (nSPS) is 19.9. The molecule has 0 radical (unpaired) electrons. The molecule has 0 spiro atoms. The molecule has 2 atom stereocenters. The Hall–Kier alpha value is -2.15. The van der Waals surface area contributed by atoms with Crippen LogP contribution in [0.15, 0.2) is 47.1 Å². The van der Waals surface area contributed by atoms with Crippen molar-refractivity contribution in [2.75, 3.05) is 13.7 Å². The Morgan fingerprint density at radius 3 is 2.44 bits per heavy atom. The van der Waals surface area contributed by atoms with E-state index in [0.29, 0.717) is 12.2 Å². The molecule has 0 N–H and O–H groups in total. The number of carbonyl (C=O) groups is 2. The molecule has 27 heavy (non-hydrogen) atoms. The van der Waals surface area contributed by atoms with Crippen LogP contribution in [-0.2, 0) is 19.0 Å². The molecule has 1 amide bonds. The standard InChI is InChI=1S/C20H27NO5S/c1-6-25-18(22)15-12-13-16(24-5)17(27-14-10-8-7-9-11-14)21(15)19(23)26-20(2,3)4/h7-11,13,15,17H,6,12H2,1-5H3. The van der Waals surface area contributed by atoms with Crippen LogP contribution in [0.2, 0.25) is 0 Å². The Balaban J connectivity index is 2.40. The van der Waals surface area contributed by atoms with Crippen molar-refractivity contribution in [2.24, 2.45) is 0 Å². The van der Waals surface area contributed by atoms with Crippen molar-refractivity contribution in [3.8, 4) is 0 Å². The fourth-order valence-corrected chi connectivity index (χ4v) is 3.88. The van der Waals surface area contributed by atoms with Gasteiger partial charge in [-0.3, -0.25) is 4.90 Å². The number of methoxy groups -OCH3 is 1. The predicted octanol–water partition coefficient (Wildman–Crippen LogP) is 4.21. The van der Waals surface area contributed by atoms with Crippen LogP contribution < -0.4 is 0 Å². The van der Waals surface area contributed by atoms with E-state index in [-0.39, 0.29) is 6.61 Å². The minimum Gasteiger partial charge on any atom is -0.498 e. The lowest BCUT2D eigenvalue weighted by atomic mass is 10.1. The Morgan fingerprint density at radius 1 is 1.22 bits per heavy atom. The number of rotatable bonds is 5. The predicted molar refractivity (Wildman–Crippen MR) is 104 cm³/mol. The summed E-state index contributed by atoms with van der Waals surface area (Å²) in [6, 6.07) is 8.88. The van der Waals surface area contributed by atoms with Crippen LogP contribution in [0.4, 0.5) is 4.79 Å². The zero-order valence-corrected chi connectivity index (χ0v) is 17.2. The summed E-state index contributed by atoms with van der Waals surface area (Å²) >= 11 is 1.42. The smallest absolute Gasteiger partial charge is 0.412 e. The van der Waals surface area contributed by atoms with Gasteiger partial charge in [0.25, 0.3) is 0 Å². The molecule has 1 heterocycles.